The molecule has 1 saturated heterocycles. The number of amides is 1. The lowest BCUT2D eigenvalue weighted by Gasteiger charge is -2.32. The maximum Gasteiger partial charge on any atom is 0.254 e. The van der Waals surface area contributed by atoms with Gasteiger partial charge in [0.25, 0.3) is 5.91 Å². The minimum atomic E-state index is 0.0754. The molecule has 8 heteroatoms. The van der Waals surface area contributed by atoms with Crippen molar-refractivity contribution in [2.24, 2.45) is 0 Å². The Balaban J connectivity index is 1.49. The van der Waals surface area contributed by atoms with E-state index in [1.807, 2.05) is 48.9 Å². The molecule has 0 saturated carbocycles. The van der Waals surface area contributed by atoms with Gasteiger partial charge in [-0.25, -0.2) is 0 Å². The summed E-state index contributed by atoms with van der Waals surface area (Å²) in [6.07, 6.45) is 1.90. The molecule has 4 rings (SSSR count). The Morgan fingerprint density at radius 1 is 1.18 bits per heavy atom. The van der Waals surface area contributed by atoms with Crippen LogP contribution >= 0.6 is 0 Å². The molecule has 0 radical (unpaired) electrons. The van der Waals surface area contributed by atoms with Crippen LogP contribution in [0.5, 0.6) is 0 Å². The number of aryl methyl sites for hydroxylation is 2. The first-order chi connectivity index (χ1) is 16.4. The summed E-state index contributed by atoms with van der Waals surface area (Å²) in [7, 11) is 3.60. The zero-order valence-electron chi connectivity index (χ0n) is 20.5. The van der Waals surface area contributed by atoms with Gasteiger partial charge in [0, 0.05) is 50.6 Å². The molecular weight excluding hydrogens is 428 g/mol. The average Bonchev–Trinajstić information content (AvgIpc) is 3.33. The van der Waals surface area contributed by atoms with E-state index in [-0.39, 0.29) is 5.91 Å². The summed E-state index contributed by atoms with van der Waals surface area (Å²) in [5, 5.41) is 7.38. The Morgan fingerprint density at radius 2 is 1.88 bits per heavy atom. The van der Waals surface area contributed by atoms with Crippen molar-refractivity contribution in [3.05, 3.63) is 58.7 Å². The lowest BCUT2D eigenvalue weighted by atomic mass is 9.89. The number of carbonyl (C=O) groups is 1. The number of aromatic amines is 1. The number of hydrogen-bond donors (Lipinski definition) is 2. The fourth-order valence-electron chi connectivity index (χ4n) is 4.56. The monoisotopic (exact) mass is 462 g/mol. The summed E-state index contributed by atoms with van der Waals surface area (Å²) in [6.45, 7) is 6.80. The normalized spacial score (nSPS) is 14.4. The number of hydrogen-bond acceptors (Lipinski definition) is 6. The van der Waals surface area contributed by atoms with E-state index in [4.69, 9.17) is 10.5 Å². The number of aromatic nitrogens is 3. The van der Waals surface area contributed by atoms with Crippen LogP contribution in [-0.2, 0) is 4.74 Å². The number of methoxy groups -OCH3 is 1. The molecule has 1 amide bonds. The predicted octanol–water partition coefficient (Wildman–Crippen LogP) is 3.77. The number of nitrogens with zero attached hydrogens (tertiary/aromatic N) is 4. The molecule has 1 fully saturated rings. The SMILES string of the molecule is COCCN(C)c1n[nH]c(-c2cc(C(=O)N3CCC(c4ccc(N)cc4)CC3)c(C)cc2C)n1. The predicted molar refractivity (Wildman–Crippen MR) is 135 cm³/mol. The summed E-state index contributed by atoms with van der Waals surface area (Å²) in [4.78, 5) is 22.0. The van der Waals surface area contributed by atoms with E-state index in [1.165, 1.54) is 5.56 Å². The van der Waals surface area contributed by atoms with Crippen LogP contribution in [0.1, 0.15) is 45.8 Å². The van der Waals surface area contributed by atoms with Crippen molar-refractivity contribution in [3.63, 3.8) is 0 Å². The summed E-state index contributed by atoms with van der Waals surface area (Å²) >= 11 is 0. The second-order valence-electron chi connectivity index (χ2n) is 9.11. The third-order valence-corrected chi connectivity index (χ3v) is 6.69. The first-order valence-corrected chi connectivity index (χ1v) is 11.8. The molecule has 1 aliphatic heterocycles. The van der Waals surface area contributed by atoms with Crippen LogP contribution in [-0.4, -0.2) is 66.4 Å². The molecule has 0 bridgehead atoms. The van der Waals surface area contributed by atoms with E-state index in [1.54, 1.807) is 7.11 Å². The van der Waals surface area contributed by atoms with Crippen molar-refractivity contribution in [2.75, 3.05) is 51.0 Å². The largest absolute Gasteiger partial charge is 0.399 e. The first-order valence-electron chi connectivity index (χ1n) is 11.8. The Morgan fingerprint density at radius 3 is 2.56 bits per heavy atom. The summed E-state index contributed by atoms with van der Waals surface area (Å²) in [6, 6.07) is 12.1. The molecule has 0 spiro atoms. The molecule has 34 heavy (non-hydrogen) atoms. The molecule has 1 aromatic heterocycles. The van der Waals surface area contributed by atoms with Gasteiger partial charge in [-0.3, -0.25) is 9.89 Å². The van der Waals surface area contributed by atoms with Crippen molar-refractivity contribution in [2.45, 2.75) is 32.6 Å². The van der Waals surface area contributed by atoms with Gasteiger partial charge in [0.05, 0.1) is 6.61 Å². The van der Waals surface area contributed by atoms with Crippen LogP contribution in [0.25, 0.3) is 11.4 Å². The van der Waals surface area contributed by atoms with E-state index in [0.29, 0.717) is 30.8 Å². The quantitative estimate of drug-likeness (QED) is 0.519. The second-order valence-corrected chi connectivity index (χ2v) is 9.11. The van der Waals surface area contributed by atoms with Crippen molar-refractivity contribution in [3.8, 4) is 11.4 Å². The van der Waals surface area contributed by atoms with Gasteiger partial charge in [-0.05, 0) is 67.5 Å². The minimum Gasteiger partial charge on any atom is -0.399 e. The van der Waals surface area contributed by atoms with E-state index < -0.39 is 0 Å². The highest BCUT2D eigenvalue weighted by atomic mass is 16.5. The maximum absolute atomic E-state index is 13.5. The lowest BCUT2D eigenvalue weighted by molar-refractivity contribution is 0.0712. The molecule has 180 valence electrons. The highest BCUT2D eigenvalue weighted by molar-refractivity contribution is 5.97. The van der Waals surface area contributed by atoms with Crippen LogP contribution in [0.4, 0.5) is 11.6 Å². The Bertz CT molecular complexity index is 1130. The Labute approximate surface area is 201 Å². The van der Waals surface area contributed by atoms with Crippen LogP contribution in [0.2, 0.25) is 0 Å². The molecule has 8 nitrogen and oxygen atoms in total. The zero-order valence-corrected chi connectivity index (χ0v) is 20.5. The summed E-state index contributed by atoms with van der Waals surface area (Å²) < 4.78 is 5.14. The minimum absolute atomic E-state index is 0.0754. The molecule has 2 heterocycles. The number of H-pyrrole nitrogens is 1. The van der Waals surface area contributed by atoms with Crippen LogP contribution in [0, 0.1) is 13.8 Å². The summed E-state index contributed by atoms with van der Waals surface area (Å²) in [5.41, 5.74) is 11.5. The van der Waals surface area contributed by atoms with E-state index in [2.05, 4.69) is 33.4 Å². The number of carbonyl (C=O) groups excluding carboxylic acids is 1. The number of nitrogens with two attached hydrogens (primary N) is 1. The second kappa shape index (κ2) is 10.3. The van der Waals surface area contributed by atoms with E-state index in [0.717, 1.165) is 53.9 Å². The average molecular weight is 463 g/mol. The fourth-order valence-corrected chi connectivity index (χ4v) is 4.56. The molecular formula is C26H34N6O2. The van der Waals surface area contributed by atoms with Gasteiger partial charge >= 0.3 is 0 Å². The van der Waals surface area contributed by atoms with Gasteiger partial charge in [0.15, 0.2) is 5.82 Å². The molecule has 3 N–H and O–H groups in total. The smallest absolute Gasteiger partial charge is 0.254 e. The first kappa shape index (κ1) is 23.8. The zero-order chi connectivity index (χ0) is 24.2. The van der Waals surface area contributed by atoms with Gasteiger partial charge < -0.3 is 20.3 Å². The van der Waals surface area contributed by atoms with Gasteiger partial charge in [0.2, 0.25) is 5.95 Å². The van der Waals surface area contributed by atoms with Gasteiger partial charge in [-0.15, -0.1) is 5.10 Å². The van der Waals surface area contributed by atoms with Crippen molar-refractivity contribution in [1.82, 2.24) is 20.1 Å². The van der Waals surface area contributed by atoms with Gasteiger partial charge in [0.1, 0.15) is 0 Å². The van der Waals surface area contributed by atoms with Crippen LogP contribution in [0.3, 0.4) is 0 Å². The lowest BCUT2D eigenvalue weighted by Crippen LogP contribution is -2.38. The number of likely N-dealkylation sites (tertiary alicyclic amines) is 1. The maximum atomic E-state index is 13.5. The van der Waals surface area contributed by atoms with E-state index >= 15 is 0 Å². The van der Waals surface area contributed by atoms with Crippen molar-refractivity contribution < 1.29 is 9.53 Å². The Hall–Kier alpha value is -3.39. The third-order valence-electron chi connectivity index (χ3n) is 6.69. The molecule has 1 aliphatic rings. The number of ether oxygens (including phenoxy) is 1. The summed E-state index contributed by atoms with van der Waals surface area (Å²) in [5.74, 6) is 1.80. The van der Waals surface area contributed by atoms with Crippen LogP contribution < -0.4 is 10.6 Å². The number of piperidine rings is 1. The van der Waals surface area contributed by atoms with Crippen molar-refractivity contribution >= 4 is 17.5 Å². The molecule has 0 unspecified atom stereocenters. The van der Waals surface area contributed by atoms with E-state index in [9.17, 15) is 4.79 Å². The molecule has 3 aromatic rings. The highest BCUT2D eigenvalue weighted by Gasteiger charge is 2.26. The third kappa shape index (κ3) is 5.07. The number of benzene rings is 2. The topological polar surface area (TPSA) is 100 Å². The van der Waals surface area contributed by atoms with Crippen LogP contribution in [0.15, 0.2) is 36.4 Å². The standard InChI is InChI=1S/C26H34N6O2/c1-17-15-18(2)23(16-22(17)24-28-26(30-29-24)31(3)13-14-34-4)25(33)32-11-9-20(10-12-32)19-5-7-21(27)8-6-19/h5-8,15-16,20H,9-14,27H2,1-4H3,(H,28,29,30). The fraction of sp³-hybridized carbons (Fsp3) is 0.423. The molecule has 2 aromatic carbocycles. The number of anilines is 2. The number of nitrogens with one attached hydrogen (secondary N) is 1. The van der Waals surface area contributed by atoms with Crippen molar-refractivity contribution in [1.29, 1.82) is 0 Å². The molecule has 0 atom stereocenters. The van der Waals surface area contributed by atoms with Gasteiger partial charge in [-0.2, -0.15) is 4.98 Å². The number of nitrogen functional groups attached to an aromatic ring is 1. The molecule has 0 aliphatic carbocycles. The number of likely N-dealkylation sites (N-methyl/N-ethyl adjacent to an activating group) is 1. The highest BCUT2D eigenvalue weighted by Crippen LogP contribution is 2.31. The number of rotatable bonds is 7. The van der Waals surface area contributed by atoms with Gasteiger partial charge in [-0.1, -0.05) is 18.2 Å². The Kier molecular flexibility index (Phi) is 7.17.